The number of alkyl halides is 5. The molecule has 8 heteroatoms. The van der Waals surface area contributed by atoms with Gasteiger partial charge in [0.05, 0.1) is 23.6 Å². The van der Waals surface area contributed by atoms with Crippen LogP contribution in [0, 0.1) is 11.3 Å². The number of hydrogen-bond acceptors (Lipinski definition) is 2. The number of nitriles is 1. The van der Waals surface area contributed by atoms with E-state index in [4.69, 9.17) is 16.9 Å². The van der Waals surface area contributed by atoms with Crippen molar-refractivity contribution in [3.8, 4) is 6.07 Å². The molecule has 0 aliphatic carbocycles. The first kappa shape index (κ1) is 13.6. The average molecular weight is 271 g/mol. The number of hydrogen-bond donors (Lipinski definition) is 0. The Morgan fingerprint density at radius 3 is 2.41 bits per heavy atom. The average Bonchev–Trinajstić information content (AvgIpc) is 2.15. The summed E-state index contributed by atoms with van der Waals surface area (Å²) < 4.78 is 62.7. The van der Waals surface area contributed by atoms with E-state index >= 15 is 0 Å². The zero-order valence-electron chi connectivity index (χ0n) is 8.02. The first-order valence-corrected chi connectivity index (χ1v) is 4.56. The molecule has 0 atom stereocenters. The molecule has 17 heavy (non-hydrogen) atoms. The second-order valence-corrected chi connectivity index (χ2v) is 3.35. The third kappa shape index (κ3) is 2.82. The van der Waals surface area contributed by atoms with Crippen LogP contribution in [-0.4, -0.2) is 4.98 Å². The van der Waals surface area contributed by atoms with Crippen LogP contribution in [0.25, 0.3) is 0 Å². The molecule has 0 unspecified atom stereocenters. The minimum Gasteiger partial charge on any atom is -0.243 e. The van der Waals surface area contributed by atoms with Gasteiger partial charge in [-0.15, -0.1) is 0 Å². The molecule has 0 saturated heterocycles. The van der Waals surface area contributed by atoms with Gasteiger partial charge in [0.25, 0.3) is 6.43 Å². The van der Waals surface area contributed by atoms with Crippen molar-refractivity contribution in [1.29, 1.82) is 5.26 Å². The molecule has 0 aliphatic rings. The summed E-state index contributed by atoms with van der Waals surface area (Å²) in [4.78, 5) is 3.07. The summed E-state index contributed by atoms with van der Waals surface area (Å²) in [6.45, 7) is 0. The quantitative estimate of drug-likeness (QED) is 0.606. The maximum Gasteiger partial charge on any atom is 0.418 e. The molecule has 92 valence electrons. The highest BCUT2D eigenvalue weighted by Crippen LogP contribution is 2.38. The van der Waals surface area contributed by atoms with Crippen LogP contribution in [-0.2, 0) is 12.6 Å². The molecule has 0 spiro atoms. The van der Waals surface area contributed by atoms with Gasteiger partial charge in [-0.2, -0.15) is 18.4 Å². The van der Waals surface area contributed by atoms with Crippen molar-refractivity contribution < 1.29 is 22.0 Å². The van der Waals surface area contributed by atoms with E-state index in [0.29, 0.717) is 6.20 Å². The number of halogens is 6. The summed E-state index contributed by atoms with van der Waals surface area (Å²) in [6.07, 6.45) is -8.54. The molecule has 0 radical (unpaired) electrons. The molecule has 1 heterocycles. The van der Waals surface area contributed by atoms with Crippen molar-refractivity contribution in [2.24, 2.45) is 0 Å². The molecule has 0 fully saturated rings. The van der Waals surface area contributed by atoms with Crippen molar-refractivity contribution >= 4 is 11.6 Å². The lowest BCUT2D eigenvalue weighted by Gasteiger charge is -2.15. The van der Waals surface area contributed by atoms with Crippen LogP contribution in [0.15, 0.2) is 6.20 Å². The van der Waals surface area contributed by atoms with Crippen LogP contribution >= 0.6 is 11.6 Å². The molecule has 0 aliphatic heterocycles. The second-order valence-electron chi connectivity index (χ2n) is 2.99. The molecular weight excluding hydrogens is 267 g/mol. The van der Waals surface area contributed by atoms with Gasteiger partial charge >= 0.3 is 6.18 Å². The lowest BCUT2D eigenvalue weighted by atomic mass is 10.0. The molecule has 0 saturated carbocycles. The van der Waals surface area contributed by atoms with Gasteiger partial charge in [0.1, 0.15) is 5.15 Å². The summed E-state index contributed by atoms with van der Waals surface area (Å²) in [5.74, 6) is 0. The van der Waals surface area contributed by atoms with Crippen molar-refractivity contribution in [2.45, 2.75) is 19.0 Å². The van der Waals surface area contributed by atoms with E-state index < -0.39 is 40.9 Å². The van der Waals surface area contributed by atoms with Gasteiger partial charge in [-0.05, 0) is 5.56 Å². The Kier molecular flexibility index (Phi) is 3.88. The largest absolute Gasteiger partial charge is 0.418 e. The van der Waals surface area contributed by atoms with Crippen molar-refractivity contribution in [3.05, 3.63) is 28.0 Å². The lowest BCUT2D eigenvalue weighted by Crippen LogP contribution is -2.13. The number of nitrogens with zero attached hydrogens (tertiary/aromatic N) is 2. The molecule has 1 aromatic heterocycles. The molecule has 1 aromatic rings. The number of aromatic nitrogens is 1. The highest BCUT2D eigenvalue weighted by molar-refractivity contribution is 6.30. The monoisotopic (exact) mass is 270 g/mol. The minimum atomic E-state index is -4.85. The summed E-state index contributed by atoms with van der Waals surface area (Å²) in [5.41, 5.74) is -3.23. The van der Waals surface area contributed by atoms with E-state index in [1.165, 1.54) is 6.07 Å². The zero-order chi connectivity index (χ0) is 13.2. The predicted molar refractivity (Wildman–Crippen MR) is 48.5 cm³/mol. The van der Waals surface area contributed by atoms with Crippen LogP contribution in [0.5, 0.6) is 0 Å². The Morgan fingerprint density at radius 2 is 2.00 bits per heavy atom. The van der Waals surface area contributed by atoms with E-state index in [9.17, 15) is 22.0 Å². The topological polar surface area (TPSA) is 36.7 Å². The van der Waals surface area contributed by atoms with Gasteiger partial charge in [0.15, 0.2) is 0 Å². The number of pyridine rings is 1. The first-order chi connectivity index (χ1) is 7.79. The fourth-order valence-corrected chi connectivity index (χ4v) is 1.52. The van der Waals surface area contributed by atoms with E-state index in [1.807, 2.05) is 0 Å². The molecule has 0 bridgehead atoms. The van der Waals surface area contributed by atoms with Gasteiger partial charge in [-0.1, -0.05) is 11.6 Å². The van der Waals surface area contributed by atoms with Crippen LogP contribution in [0.1, 0.15) is 23.1 Å². The van der Waals surface area contributed by atoms with Gasteiger partial charge in [-0.25, -0.2) is 13.8 Å². The molecule has 0 N–H and O–H groups in total. The van der Waals surface area contributed by atoms with Crippen molar-refractivity contribution in [2.75, 3.05) is 0 Å². The van der Waals surface area contributed by atoms with Crippen LogP contribution in [0.3, 0.4) is 0 Å². The van der Waals surface area contributed by atoms with E-state index in [-0.39, 0.29) is 0 Å². The highest BCUT2D eigenvalue weighted by atomic mass is 35.5. The van der Waals surface area contributed by atoms with Crippen LogP contribution < -0.4 is 0 Å². The van der Waals surface area contributed by atoms with Crippen LogP contribution in [0.2, 0.25) is 5.15 Å². The van der Waals surface area contributed by atoms with Crippen molar-refractivity contribution in [3.63, 3.8) is 0 Å². The second kappa shape index (κ2) is 4.84. The fourth-order valence-electron chi connectivity index (χ4n) is 1.27. The lowest BCUT2D eigenvalue weighted by molar-refractivity contribution is -0.138. The molecular formula is C9H4ClF5N2. The Morgan fingerprint density at radius 1 is 1.41 bits per heavy atom. The van der Waals surface area contributed by atoms with Gasteiger partial charge in [-0.3, -0.25) is 0 Å². The summed E-state index contributed by atoms with van der Waals surface area (Å²) in [7, 11) is 0. The fraction of sp³-hybridized carbons (Fsp3) is 0.333. The Balaban J connectivity index is 3.54. The van der Waals surface area contributed by atoms with Crippen LogP contribution in [0.4, 0.5) is 22.0 Å². The summed E-state index contributed by atoms with van der Waals surface area (Å²) >= 11 is 5.31. The zero-order valence-corrected chi connectivity index (χ0v) is 8.78. The Labute approximate surface area is 97.6 Å². The van der Waals surface area contributed by atoms with Gasteiger partial charge in [0, 0.05) is 6.20 Å². The molecule has 0 aromatic carbocycles. The Bertz CT molecular complexity index is 464. The SMILES string of the molecule is N#CCc1c(C(F)(F)F)cnc(Cl)c1C(F)F. The highest BCUT2D eigenvalue weighted by Gasteiger charge is 2.36. The van der Waals surface area contributed by atoms with Gasteiger partial charge in [0.2, 0.25) is 0 Å². The normalized spacial score (nSPS) is 11.6. The standard InChI is InChI=1S/C9H4ClF5N2/c10-7-6(8(11)12)4(1-2-16)5(3-17-7)9(13,14)15/h3,8H,1H2. The molecule has 2 nitrogen and oxygen atoms in total. The number of rotatable bonds is 2. The van der Waals surface area contributed by atoms with E-state index in [2.05, 4.69) is 4.98 Å². The third-order valence-electron chi connectivity index (χ3n) is 1.96. The summed E-state index contributed by atoms with van der Waals surface area (Å²) in [5, 5.41) is 7.66. The van der Waals surface area contributed by atoms with Gasteiger partial charge < -0.3 is 0 Å². The third-order valence-corrected chi connectivity index (χ3v) is 2.26. The van der Waals surface area contributed by atoms with Crippen molar-refractivity contribution in [1.82, 2.24) is 4.98 Å². The first-order valence-electron chi connectivity index (χ1n) is 4.18. The van der Waals surface area contributed by atoms with E-state index in [0.717, 1.165) is 0 Å². The predicted octanol–water partition coefficient (Wildman–Crippen LogP) is 3.76. The minimum absolute atomic E-state index is 0.348. The molecule has 0 amide bonds. The summed E-state index contributed by atoms with van der Waals surface area (Å²) in [6, 6.07) is 1.40. The molecule has 1 rings (SSSR count). The smallest absolute Gasteiger partial charge is 0.243 e. The maximum absolute atomic E-state index is 12.6. The Hall–Kier alpha value is -1.42. The maximum atomic E-state index is 12.6. The van der Waals surface area contributed by atoms with E-state index in [1.54, 1.807) is 0 Å².